The second-order valence-corrected chi connectivity index (χ2v) is 7.78. The Morgan fingerprint density at radius 2 is 1.39 bits per heavy atom. The van der Waals surface area contributed by atoms with Crippen LogP contribution in [0.3, 0.4) is 0 Å². The van der Waals surface area contributed by atoms with Gasteiger partial charge in [0, 0.05) is 0 Å². The zero-order valence-corrected chi connectivity index (χ0v) is 14.6. The van der Waals surface area contributed by atoms with Crippen molar-refractivity contribution in [2.45, 2.75) is 11.5 Å². The van der Waals surface area contributed by atoms with E-state index in [1.165, 1.54) is 6.20 Å². The van der Waals surface area contributed by atoms with Crippen LogP contribution >= 0.6 is 10.2 Å². The topological polar surface area (TPSA) is 84.9 Å². The molecule has 1 heterocycles. The van der Waals surface area contributed by atoms with E-state index < -0.39 is 15.1 Å². The fourth-order valence-corrected chi connectivity index (χ4v) is 2.77. The predicted octanol–water partition coefficient (Wildman–Crippen LogP) is 5.12. The van der Waals surface area contributed by atoms with E-state index in [1.54, 1.807) is 24.3 Å². The van der Waals surface area contributed by atoms with E-state index in [0.717, 1.165) is 17.7 Å². The Hall–Kier alpha value is -3.24. The summed E-state index contributed by atoms with van der Waals surface area (Å²) < 4.78 is 68.9. The number of rotatable bonds is 5. The van der Waals surface area contributed by atoms with Gasteiger partial charge in [0.2, 0.25) is 0 Å². The molecule has 150 valence electrons. The second-order valence-electron chi connectivity index (χ2n) is 5.37. The largest absolute Gasteiger partial charge is 0.471 e. The number of nitrogens with one attached hydrogen (secondary N) is 1. The van der Waals surface area contributed by atoms with Gasteiger partial charge in [-0.2, -0.15) is 19.9 Å². The maximum absolute atomic E-state index is 12.7. The minimum atomic E-state index is -9.64. The average Bonchev–Trinajstić information content (AvgIpc) is 3.13. The number of halogens is 5. The normalized spacial score (nSPS) is 13.3. The van der Waals surface area contributed by atoms with Gasteiger partial charge in [-0.05, 0) is 28.8 Å². The van der Waals surface area contributed by atoms with Crippen LogP contribution in [-0.4, -0.2) is 21.6 Å². The summed E-state index contributed by atoms with van der Waals surface area (Å²) in [5.41, 5.74) is 1.80. The first-order chi connectivity index (χ1) is 12.9. The maximum Gasteiger partial charge on any atom is 0.373 e. The van der Waals surface area contributed by atoms with Crippen LogP contribution in [0.2, 0.25) is 0 Å². The van der Waals surface area contributed by atoms with Crippen molar-refractivity contribution in [2.24, 2.45) is 0 Å². The molecule has 0 aliphatic rings. The Bertz CT molecular complexity index is 955. The minimum absolute atomic E-state index is 0.232. The lowest BCUT2D eigenvalue weighted by molar-refractivity contribution is -0.191. The number of hydrogen-bond acceptors (Lipinski definition) is 5. The van der Waals surface area contributed by atoms with Gasteiger partial charge in [-0.1, -0.05) is 55.8 Å². The summed E-state index contributed by atoms with van der Waals surface area (Å²) in [7, 11) is -9.64. The van der Waals surface area contributed by atoms with Crippen molar-refractivity contribution in [3.05, 3.63) is 60.3 Å². The highest BCUT2D eigenvalue weighted by Crippen LogP contribution is 3.02. The Labute approximate surface area is 155 Å². The molecule has 1 N–H and O–H groups in total. The molecule has 0 unspecified atom stereocenters. The quantitative estimate of drug-likeness (QED) is 0.578. The molecule has 0 aliphatic carbocycles. The van der Waals surface area contributed by atoms with Crippen molar-refractivity contribution >= 4 is 16.4 Å². The lowest BCUT2D eigenvalue weighted by Gasteiger charge is -2.40. The Balaban J connectivity index is 0.000000878. The van der Waals surface area contributed by atoms with Crippen molar-refractivity contribution < 1.29 is 33.8 Å². The van der Waals surface area contributed by atoms with E-state index in [2.05, 4.69) is 15.4 Å². The van der Waals surface area contributed by atoms with Crippen molar-refractivity contribution in [2.75, 3.05) is 0 Å². The standard InChI is InChI=1S/C15H12F5N3OS.CO2/c16-25(17,18,19,20)14-7-5-13(6-8-14)12-3-1-11(2-4-12)10-24-15-9-21-23-22-15;2-1-3/h1-9H,10H2,(H,21,22,23);. The number of nitrogens with zero attached hydrogens (tertiary/aromatic N) is 2. The summed E-state index contributed by atoms with van der Waals surface area (Å²) in [6, 6.07) is 9.60. The highest BCUT2D eigenvalue weighted by molar-refractivity contribution is 8.45. The molecule has 0 fully saturated rings. The number of aromatic amines is 1. The molecule has 0 saturated carbocycles. The van der Waals surface area contributed by atoms with Gasteiger partial charge in [-0.15, -0.1) is 5.10 Å². The van der Waals surface area contributed by atoms with Gasteiger partial charge in [0.1, 0.15) is 17.7 Å². The SMILES string of the molecule is FS(F)(F)(F)(F)c1ccc(-c2ccc(COc3cn[nH]n3)cc2)cc1.O=C=O. The van der Waals surface area contributed by atoms with Gasteiger partial charge in [-0.3, -0.25) is 0 Å². The Morgan fingerprint density at radius 1 is 0.893 bits per heavy atom. The molecular weight excluding hydrogens is 409 g/mol. The highest BCUT2D eigenvalue weighted by atomic mass is 32.5. The average molecular weight is 421 g/mol. The van der Waals surface area contributed by atoms with Gasteiger partial charge in [0.25, 0.3) is 5.88 Å². The summed E-state index contributed by atoms with van der Waals surface area (Å²) in [5, 5.41) is 9.72. The number of H-pyrrole nitrogens is 1. The number of hydrogen-bond donors (Lipinski definition) is 1. The molecule has 0 radical (unpaired) electrons. The summed E-state index contributed by atoms with van der Waals surface area (Å²) >= 11 is 0. The van der Waals surface area contributed by atoms with Gasteiger partial charge in [0.15, 0.2) is 0 Å². The molecule has 0 bridgehead atoms. The third-order valence-electron chi connectivity index (χ3n) is 3.37. The smallest absolute Gasteiger partial charge is 0.373 e. The Morgan fingerprint density at radius 3 is 1.82 bits per heavy atom. The van der Waals surface area contributed by atoms with Crippen LogP contribution in [0.5, 0.6) is 5.88 Å². The summed E-state index contributed by atoms with van der Waals surface area (Å²) in [6.07, 6.45) is 1.66. The summed E-state index contributed by atoms with van der Waals surface area (Å²) in [6.45, 7) is 0.232. The first kappa shape index (κ1) is 21.1. The van der Waals surface area contributed by atoms with Crippen LogP contribution in [0.1, 0.15) is 5.56 Å². The van der Waals surface area contributed by atoms with Crippen LogP contribution < -0.4 is 4.74 Å². The molecule has 6 nitrogen and oxygen atoms in total. The molecule has 2 aromatic carbocycles. The minimum Gasteiger partial charge on any atom is -0.471 e. The molecule has 3 aromatic rings. The van der Waals surface area contributed by atoms with Crippen LogP contribution in [-0.2, 0) is 16.2 Å². The van der Waals surface area contributed by atoms with E-state index in [1.807, 2.05) is 0 Å². The van der Waals surface area contributed by atoms with Gasteiger partial charge >= 0.3 is 16.4 Å². The predicted molar refractivity (Wildman–Crippen MR) is 89.0 cm³/mol. The third kappa shape index (κ3) is 5.89. The maximum atomic E-state index is 12.7. The molecule has 0 saturated heterocycles. The molecule has 28 heavy (non-hydrogen) atoms. The van der Waals surface area contributed by atoms with Crippen molar-refractivity contribution in [3.8, 4) is 17.0 Å². The fraction of sp³-hybridized carbons (Fsp3) is 0.0625. The summed E-state index contributed by atoms with van der Waals surface area (Å²) in [5.74, 6) is 0.329. The van der Waals surface area contributed by atoms with Gasteiger partial charge in [0.05, 0.1) is 0 Å². The zero-order valence-electron chi connectivity index (χ0n) is 13.8. The van der Waals surface area contributed by atoms with Crippen molar-refractivity contribution in [1.29, 1.82) is 0 Å². The van der Waals surface area contributed by atoms with Crippen LogP contribution in [0.15, 0.2) is 59.6 Å². The Kier molecular flexibility index (Phi) is 5.31. The van der Waals surface area contributed by atoms with E-state index in [4.69, 9.17) is 14.3 Å². The zero-order chi connectivity index (χ0) is 20.9. The van der Waals surface area contributed by atoms with Crippen LogP contribution in [0, 0.1) is 0 Å². The molecule has 0 atom stereocenters. The van der Waals surface area contributed by atoms with Gasteiger partial charge < -0.3 is 4.74 Å². The number of carbonyl (C=O) groups excluding carboxylic acids is 2. The number of ether oxygens (including phenoxy) is 1. The number of benzene rings is 2. The molecule has 3 rings (SSSR count). The van der Waals surface area contributed by atoms with Crippen LogP contribution in [0.25, 0.3) is 11.1 Å². The first-order valence-corrected chi connectivity index (χ1v) is 9.29. The van der Waals surface area contributed by atoms with Crippen molar-refractivity contribution in [1.82, 2.24) is 15.4 Å². The molecule has 1 aromatic heterocycles. The molecule has 0 spiro atoms. The lowest BCUT2D eigenvalue weighted by atomic mass is 10.0. The molecular formula is C16H12F5N3O3S. The van der Waals surface area contributed by atoms with E-state index >= 15 is 0 Å². The highest BCUT2D eigenvalue weighted by Gasteiger charge is 2.65. The third-order valence-corrected chi connectivity index (χ3v) is 4.53. The summed E-state index contributed by atoms with van der Waals surface area (Å²) in [4.78, 5) is 14.3. The van der Waals surface area contributed by atoms with Crippen molar-refractivity contribution in [3.63, 3.8) is 0 Å². The van der Waals surface area contributed by atoms with E-state index in [-0.39, 0.29) is 12.8 Å². The van der Waals surface area contributed by atoms with E-state index in [0.29, 0.717) is 29.1 Å². The lowest BCUT2D eigenvalue weighted by Crippen LogP contribution is -2.05. The molecule has 0 aliphatic heterocycles. The molecule has 12 heteroatoms. The van der Waals surface area contributed by atoms with Gasteiger partial charge in [-0.25, -0.2) is 0 Å². The van der Waals surface area contributed by atoms with E-state index in [9.17, 15) is 19.4 Å². The monoisotopic (exact) mass is 421 g/mol. The number of aromatic nitrogens is 3. The second kappa shape index (κ2) is 7.06. The molecule has 0 amide bonds. The first-order valence-electron chi connectivity index (χ1n) is 7.34. The van der Waals surface area contributed by atoms with Crippen LogP contribution in [0.4, 0.5) is 19.4 Å². The fourth-order valence-electron chi connectivity index (χ4n) is 2.12.